The molecule has 0 atom stereocenters. The minimum Gasteiger partial charge on any atom is -0.508 e. The van der Waals surface area contributed by atoms with Gasteiger partial charge >= 0.3 is 0 Å². The van der Waals surface area contributed by atoms with Crippen molar-refractivity contribution in [3.8, 4) is 5.75 Å². The van der Waals surface area contributed by atoms with Crippen LogP contribution >= 0.6 is 15.9 Å². The van der Waals surface area contributed by atoms with E-state index in [4.69, 9.17) is 0 Å². The fraction of sp³-hybridized carbons (Fsp3) is 0.0769. The smallest absolute Gasteiger partial charge is 0.230 e. The molecule has 5 heteroatoms. The van der Waals surface area contributed by atoms with Crippen LogP contribution in [-0.4, -0.2) is 16.0 Å². The highest BCUT2D eigenvalue weighted by Crippen LogP contribution is 2.17. The number of benzene rings is 1. The Kier molecular flexibility index (Phi) is 3.94. The zero-order chi connectivity index (χ0) is 13.0. The number of rotatable bonds is 3. The number of halogens is 1. The molecule has 18 heavy (non-hydrogen) atoms. The number of para-hydroxylation sites is 1. The number of nitrogens with zero attached hydrogens (tertiary/aromatic N) is 1. The highest BCUT2D eigenvalue weighted by molar-refractivity contribution is 9.10. The van der Waals surface area contributed by atoms with E-state index in [1.54, 1.807) is 42.6 Å². The highest BCUT2D eigenvalue weighted by Gasteiger charge is 2.08. The topological polar surface area (TPSA) is 62.2 Å². The number of carbonyl (C=O) groups is 1. The van der Waals surface area contributed by atoms with Crippen LogP contribution < -0.4 is 5.32 Å². The summed E-state index contributed by atoms with van der Waals surface area (Å²) in [5, 5.41) is 12.2. The van der Waals surface area contributed by atoms with E-state index in [-0.39, 0.29) is 18.1 Å². The van der Waals surface area contributed by atoms with Gasteiger partial charge in [-0.15, -0.1) is 0 Å². The van der Waals surface area contributed by atoms with E-state index >= 15 is 0 Å². The van der Waals surface area contributed by atoms with Crippen molar-refractivity contribution in [2.24, 2.45) is 0 Å². The van der Waals surface area contributed by atoms with Crippen molar-refractivity contribution in [3.05, 3.63) is 52.6 Å². The Labute approximate surface area is 113 Å². The van der Waals surface area contributed by atoms with E-state index in [0.29, 0.717) is 11.4 Å². The fourth-order valence-electron chi connectivity index (χ4n) is 1.49. The average molecular weight is 307 g/mol. The minimum absolute atomic E-state index is 0.112. The van der Waals surface area contributed by atoms with E-state index in [2.05, 4.69) is 26.2 Å². The first kappa shape index (κ1) is 12.6. The number of amides is 1. The molecule has 2 N–H and O–H groups in total. The van der Waals surface area contributed by atoms with Gasteiger partial charge < -0.3 is 10.4 Å². The Morgan fingerprint density at radius 3 is 2.83 bits per heavy atom. The molecule has 1 amide bonds. The Bertz CT molecular complexity index is 572. The van der Waals surface area contributed by atoms with Gasteiger partial charge in [0, 0.05) is 16.2 Å². The van der Waals surface area contributed by atoms with Gasteiger partial charge in [-0.2, -0.15) is 0 Å². The molecule has 4 nitrogen and oxygen atoms in total. The molecule has 0 aliphatic carbocycles. The van der Waals surface area contributed by atoms with Crippen LogP contribution in [0.5, 0.6) is 5.75 Å². The van der Waals surface area contributed by atoms with Crippen LogP contribution in [0, 0.1) is 0 Å². The van der Waals surface area contributed by atoms with Crippen molar-refractivity contribution in [1.82, 2.24) is 4.98 Å². The summed E-state index contributed by atoms with van der Waals surface area (Å²) in [5.74, 6) is 0.377. The van der Waals surface area contributed by atoms with E-state index in [1.807, 2.05) is 0 Å². The number of aromatic nitrogens is 1. The third kappa shape index (κ3) is 3.30. The second-order valence-electron chi connectivity index (χ2n) is 3.71. The van der Waals surface area contributed by atoms with Crippen LogP contribution in [0.3, 0.4) is 0 Å². The molecule has 0 saturated heterocycles. The lowest BCUT2D eigenvalue weighted by atomic mass is 10.1. The highest BCUT2D eigenvalue weighted by atomic mass is 79.9. The Morgan fingerprint density at radius 1 is 1.33 bits per heavy atom. The number of carbonyl (C=O) groups excluding carboxylic acids is 1. The molecule has 0 unspecified atom stereocenters. The van der Waals surface area contributed by atoms with Crippen LogP contribution in [0.1, 0.15) is 5.56 Å². The molecule has 1 aromatic heterocycles. The maximum Gasteiger partial charge on any atom is 0.230 e. The van der Waals surface area contributed by atoms with Gasteiger partial charge in [0.05, 0.1) is 6.42 Å². The third-order valence-corrected chi connectivity index (χ3v) is 2.83. The average Bonchev–Trinajstić information content (AvgIpc) is 2.32. The number of hydrogen-bond acceptors (Lipinski definition) is 3. The van der Waals surface area contributed by atoms with Crippen molar-refractivity contribution in [3.63, 3.8) is 0 Å². The summed E-state index contributed by atoms with van der Waals surface area (Å²) in [6.07, 6.45) is 1.71. The Balaban J connectivity index is 2.03. The predicted molar refractivity (Wildman–Crippen MR) is 72.4 cm³/mol. The van der Waals surface area contributed by atoms with Gasteiger partial charge in [0.1, 0.15) is 11.6 Å². The number of pyridine rings is 1. The van der Waals surface area contributed by atoms with Gasteiger partial charge in [0.25, 0.3) is 0 Å². The van der Waals surface area contributed by atoms with Crippen LogP contribution in [0.15, 0.2) is 47.1 Å². The van der Waals surface area contributed by atoms with Gasteiger partial charge in [0.15, 0.2) is 0 Å². The minimum atomic E-state index is -0.220. The molecular formula is C13H11BrN2O2. The second-order valence-corrected chi connectivity index (χ2v) is 4.63. The normalized spacial score (nSPS) is 10.1. The number of nitrogens with one attached hydrogen (secondary N) is 1. The summed E-state index contributed by atoms with van der Waals surface area (Å²) >= 11 is 3.30. The van der Waals surface area contributed by atoms with Crippen LogP contribution in [-0.2, 0) is 11.2 Å². The molecule has 2 aromatic rings. The van der Waals surface area contributed by atoms with Gasteiger partial charge in [0.2, 0.25) is 5.91 Å². The first-order valence-electron chi connectivity index (χ1n) is 5.33. The summed E-state index contributed by atoms with van der Waals surface area (Å²) in [6, 6.07) is 10.2. The van der Waals surface area contributed by atoms with E-state index in [1.165, 1.54) is 0 Å². The molecule has 0 aliphatic heterocycles. The quantitative estimate of drug-likeness (QED) is 0.916. The zero-order valence-electron chi connectivity index (χ0n) is 9.43. The van der Waals surface area contributed by atoms with Crippen molar-refractivity contribution >= 4 is 27.7 Å². The lowest BCUT2D eigenvalue weighted by molar-refractivity contribution is -0.115. The molecule has 1 aromatic carbocycles. The zero-order valence-corrected chi connectivity index (χ0v) is 11.0. The number of aromatic hydroxyl groups is 1. The van der Waals surface area contributed by atoms with Gasteiger partial charge in [-0.05, 0) is 18.2 Å². The second kappa shape index (κ2) is 5.64. The van der Waals surface area contributed by atoms with Crippen molar-refractivity contribution in [1.29, 1.82) is 0 Å². The molecule has 0 spiro atoms. The molecule has 1 heterocycles. The molecular weight excluding hydrogens is 296 g/mol. The summed E-state index contributed by atoms with van der Waals surface area (Å²) in [4.78, 5) is 15.8. The summed E-state index contributed by atoms with van der Waals surface area (Å²) in [5.41, 5.74) is 0.588. The van der Waals surface area contributed by atoms with Crippen molar-refractivity contribution in [2.45, 2.75) is 6.42 Å². The molecule has 0 aliphatic rings. The number of anilines is 1. The number of hydrogen-bond donors (Lipinski definition) is 2. The predicted octanol–water partition coefficient (Wildman–Crippen LogP) is 2.73. The lowest BCUT2D eigenvalue weighted by Crippen LogP contribution is -2.15. The van der Waals surface area contributed by atoms with Gasteiger partial charge in [-0.1, -0.05) is 34.1 Å². The van der Waals surface area contributed by atoms with Crippen molar-refractivity contribution < 1.29 is 9.90 Å². The summed E-state index contributed by atoms with van der Waals surface area (Å²) < 4.78 is 0.843. The van der Waals surface area contributed by atoms with Crippen LogP contribution in [0.25, 0.3) is 0 Å². The van der Waals surface area contributed by atoms with E-state index in [0.717, 1.165) is 4.47 Å². The first-order chi connectivity index (χ1) is 8.65. The number of phenols is 1. The van der Waals surface area contributed by atoms with Gasteiger partial charge in [-0.25, -0.2) is 4.98 Å². The third-order valence-electron chi connectivity index (χ3n) is 2.33. The summed E-state index contributed by atoms with van der Waals surface area (Å²) in [6.45, 7) is 0. The monoisotopic (exact) mass is 306 g/mol. The first-order valence-corrected chi connectivity index (χ1v) is 6.13. The summed E-state index contributed by atoms with van der Waals surface area (Å²) in [7, 11) is 0. The van der Waals surface area contributed by atoms with Crippen LogP contribution in [0.2, 0.25) is 0 Å². The van der Waals surface area contributed by atoms with Crippen molar-refractivity contribution in [2.75, 3.05) is 5.32 Å². The molecule has 2 rings (SSSR count). The maximum absolute atomic E-state index is 11.8. The molecule has 0 bridgehead atoms. The molecule has 0 radical (unpaired) electrons. The maximum atomic E-state index is 11.8. The Morgan fingerprint density at radius 2 is 2.11 bits per heavy atom. The number of phenolic OH excluding ortho intramolecular Hbond substituents is 1. The lowest BCUT2D eigenvalue weighted by Gasteiger charge is -2.06. The largest absolute Gasteiger partial charge is 0.508 e. The SMILES string of the molecule is O=C(Cc1ccccc1O)Nc1cc(Br)ccn1. The Hall–Kier alpha value is -1.88. The van der Waals surface area contributed by atoms with E-state index < -0.39 is 0 Å². The molecule has 0 fully saturated rings. The standard InChI is InChI=1S/C13H11BrN2O2/c14-10-5-6-15-12(8-10)16-13(18)7-9-3-1-2-4-11(9)17/h1-6,8,17H,7H2,(H,15,16,18). The van der Waals surface area contributed by atoms with Crippen LogP contribution in [0.4, 0.5) is 5.82 Å². The van der Waals surface area contributed by atoms with E-state index in [9.17, 15) is 9.90 Å². The van der Waals surface area contributed by atoms with Gasteiger partial charge in [-0.3, -0.25) is 4.79 Å². The fourth-order valence-corrected chi connectivity index (χ4v) is 1.83. The molecule has 92 valence electrons. The molecule has 0 saturated carbocycles.